The van der Waals surface area contributed by atoms with Gasteiger partial charge in [-0.15, -0.1) is 0 Å². The number of hydrogen-bond donors (Lipinski definition) is 2. The molecule has 21 heavy (non-hydrogen) atoms. The van der Waals surface area contributed by atoms with E-state index in [1.807, 2.05) is 38.1 Å². The molecular weight excluding hydrogens is 288 g/mol. The largest absolute Gasteiger partial charge is 0.476 e. The summed E-state index contributed by atoms with van der Waals surface area (Å²) in [5.41, 5.74) is 7.57. The van der Waals surface area contributed by atoms with Crippen LogP contribution in [0.5, 0.6) is 5.88 Å². The molecule has 1 aromatic heterocycles. The summed E-state index contributed by atoms with van der Waals surface area (Å²) < 4.78 is 5.54. The van der Waals surface area contributed by atoms with E-state index in [2.05, 4.69) is 15.3 Å². The van der Waals surface area contributed by atoms with Crippen molar-refractivity contribution in [3.63, 3.8) is 0 Å². The number of rotatable bonds is 6. The fraction of sp³-hybridized carbons (Fsp3) is 0.333. The fourth-order valence-corrected chi connectivity index (χ4v) is 1.91. The minimum Gasteiger partial charge on any atom is -0.476 e. The van der Waals surface area contributed by atoms with E-state index >= 15 is 0 Å². The van der Waals surface area contributed by atoms with Crippen LogP contribution in [0.1, 0.15) is 24.7 Å². The van der Waals surface area contributed by atoms with E-state index < -0.39 is 0 Å². The van der Waals surface area contributed by atoms with E-state index in [9.17, 15) is 0 Å². The molecule has 0 aliphatic rings. The number of nitrogens with zero attached hydrogens (tertiary/aromatic N) is 2. The maximum absolute atomic E-state index is 6.05. The number of nitrogens with two attached hydrogens (primary N) is 1. The average molecular weight is 307 g/mol. The second kappa shape index (κ2) is 7.13. The molecule has 0 fully saturated rings. The summed E-state index contributed by atoms with van der Waals surface area (Å²) in [6.45, 7) is 5.03. The topological polar surface area (TPSA) is 73.1 Å². The first-order valence-corrected chi connectivity index (χ1v) is 7.23. The van der Waals surface area contributed by atoms with Crippen LogP contribution in [0.3, 0.4) is 0 Å². The molecule has 0 bridgehead atoms. The highest BCUT2D eigenvalue weighted by molar-refractivity contribution is 6.30. The van der Waals surface area contributed by atoms with Crippen LogP contribution in [0, 0.1) is 6.92 Å². The van der Waals surface area contributed by atoms with Crippen LogP contribution in [0.25, 0.3) is 0 Å². The molecule has 0 saturated carbocycles. The van der Waals surface area contributed by atoms with Gasteiger partial charge in [-0.2, -0.15) is 4.98 Å². The van der Waals surface area contributed by atoms with Gasteiger partial charge < -0.3 is 15.8 Å². The maximum atomic E-state index is 6.05. The van der Waals surface area contributed by atoms with Crippen LogP contribution in [-0.4, -0.2) is 16.6 Å². The molecule has 2 aromatic rings. The Morgan fingerprint density at radius 3 is 2.62 bits per heavy atom. The molecule has 112 valence electrons. The molecule has 0 radical (unpaired) electrons. The van der Waals surface area contributed by atoms with Gasteiger partial charge in [-0.25, -0.2) is 4.98 Å². The Kier molecular flexibility index (Phi) is 5.22. The van der Waals surface area contributed by atoms with Crippen molar-refractivity contribution in [1.29, 1.82) is 0 Å². The highest BCUT2D eigenvalue weighted by Crippen LogP contribution is 2.26. The summed E-state index contributed by atoms with van der Waals surface area (Å²) in [7, 11) is 0. The number of benzene rings is 1. The smallest absolute Gasteiger partial charge is 0.242 e. The van der Waals surface area contributed by atoms with Gasteiger partial charge in [0.2, 0.25) is 5.88 Å². The molecule has 0 unspecified atom stereocenters. The van der Waals surface area contributed by atoms with Crippen molar-refractivity contribution in [1.82, 2.24) is 9.97 Å². The van der Waals surface area contributed by atoms with Gasteiger partial charge in [0, 0.05) is 11.6 Å². The lowest BCUT2D eigenvalue weighted by molar-refractivity contribution is 0.306. The predicted octanol–water partition coefficient (Wildman–Crippen LogP) is 3.42. The zero-order valence-corrected chi connectivity index (χ0v) is 12.9. The molecule has 0 spiro atoms. The second-order valence-electron chi connectivity index (χ2n) is 4.67. The molecule has 0 atom stereocenters. The summed E-state index contributed by atoms with van der Waals surface area (Å²) in [4.78, 5) is 8.54. The van der Waals surface area contributed by atoms with Gasteiger partial charge >= 0.3 is 0 Å². The van der Waals surface area contributed by atoms with E-state index in [4.69, 9.17) is 22.1 Å². The SMILES string of the molecule is CCCOc1nc(C)nc(NCc2ccc(Cl)cc2)c1N. The molecule has 1 heterocycles. The molecular formula is C15H19ClN4O. The van der Waals surface area contributed by atoms with Crippen LogP contribution < -0.4 is 15.8 Å². The normalized spacial score (nSPS) is 10.4. The summed E-state index contributed by atoms with van der Waals surface area (Å²) >= 11 is 5.87. The molecule has 0 amide bonds. The zero-order valence-electron chi connectivity index (χ0n) is 12.2. The molecule has 3 N–H and O–H groups in total. The highest BCUT2D eigenvalue weighted by Gasteiger charge is 2.11. The monoisotopic (exact) mass is 306 g/mol. The fourth-order valence-electron chi connectivity index (χ4n) is 1.79. The molecule has 0 aliphatic carbocycles. The average Bonchev–Trinajstić information content (AvgIpc) is 2.48. The van der Waals surface area contributed by atoms with Crippen molar-refractivity contribution in [3.8, 4) is 5.88 Å². The Balaban J connectivity index is 2.11. The predicted molar refractivity (Wildman–Crippen MR) is 85.7 cm³/mol. The molecule has 5 nitrogen and oxygen atoms in total. The zero-order chi connectivity index (χ0) is 15.2. The number of ether oxygens (including phenoxy) is 1. The number of aryl methyl sites for hydroxylation is 1. The van der Waals surface area contributed by atoms with Gasteiger partial charge in [-0.3, -0.25) is 0 Å². The van der Waals surface area contributed by atoms with Crippen LogP contribution >= 0.6 is 11.6 Å². The van der Waals surface area contributed by atoms with Gasteiger partial charge in [0.1, 0.15) is 11.5 Å². The van der Waals surface area contributed by atoms with Gasteiger partial charge in [-0.05, 0) is 31.0 Å². The summed E-state index contributed by atoms with van der Waals surface area (Å²) in [6.07, 6.45) is 0.899. The molecule has 6 heteroatoms. The molecule has 1 aromatic carbocycles. The van der Waals surface area contributed by atoms with Gasteiger partial charge in [0.25, 0.3) is 0 Å². The number of hydrogen-bond acceptors (Lipinski definition) is 5. The Morgan fingerprint density at radius 2 is 1.95 bits per heavy atom. The standard InChI is InChI=1S/C15H19ClN4O/c1-3-8-21-15-13(17)14(19-10(2)20-15)18-9-11-4-6-12(16)7-5-11/h4-7H,3,8-9,17H2,1-2H3,(H,18,19,20). The number of nitrogen functional groups attached to an aromatic ring is 1. The van der Waals surface area contributed by atoms with E-state index in [0.717, 1.165) is 12.0 Å². The van der Waals surface area contributed by atoms with Crippen LogP contribution in [0.4, 0.5) is 11.5 Å². The molecule has 0 aliphatic heterocycles. The van der Waals surface area contributed by atoms with Gasteiger partial charge in [-0.1, -0.05) is 30.7 Å². The highest BCUT2D eigenvalue weighted by atomic mass is 35.5. The Hall–Kier alpha value is -2.01. The third-order valence-corrected chi connectivity index (χ3v) is 3.09. The lowest BCUT2D eigenvalue weighted by atomic mass is 10.2. The lowest BCUT2D eigenvalue weighted by Gasteiger charge is -2.13. The maximum Gasteiger partial charge on any atom is 0.242 e. The van der Waals surface area contributed by atoms with Crippen molar-refractivity contribution >= 4 is 23.1 Å². The van der Waals surface area contributed by atoms with Crippen molar-refractivity contribution in [3.05, 3.63) is 40.7 Å². The first kappa shape index (κ1) is 15.4. The number of anilines is 2. The van der Waals surface area contributed by atoms with Crippen molar-refractivity contribution in [2.24, 2.45) is 0 Å². The first-order chi connectivity index (χ1) is 10.1. The van der Waals surface area contributed by atoms with E-state index in [1.54, 1.807) is 0 Å². The van der Waals surface area contributed by atoms with Crippen LogP contribution in [0.15, 0.2) is 24.3 Å². The number of nitrogens with one attached hydrogen (secondary N) is 1. The van der Waals surface area contributed by atoms with Crippen molar-refractivity contribution in [2.75, 3.05) is 17.7 Å². The van der Waals surface area contributed by atoms with E-state index in [1.165, 1.54) is 0 Å². The van der Waals surface area contributed by atoms with Gasteiger partial charge in [0.15, 0.2) is 5.82 Å². The minimum atomic E-state index is 0.433. The van der Waals surface area contributed by atoms with Gasteiger partial charge in [0.05, 0.1) is 6.61 Å². The Labute approximate surface area is 129 Å². The van der Waals surface area contributed by atoms with Crippen molar-refractivity contribution < 1.29 is 4.74 Å². The first-order valence-electron chi connectivity index (χ1n) is 6.85. The van der Waals surface area contributed by atoms with Crippen LogP contribution in [0.2, 0.25) is 5.02 Å². The van der Waals surface area contributed by atoms with Crippen LogP contribution in [-0.2, 0) is 6.54 Å². The Morgan fingerprint density at radius 1 is 1.24 bits per heavy atom. The lowest BCUT2D eigenvalue weighted by Crippen LogP contribution is -2.10. The van der Waals surface area contributed by atoms with E-state index in [-0.39, 0.29) is 0 Å². The summed E-state index contributed by atoms with van der Waals surface area (Å²) in [5, 5.41) is 3.92. The molecule has 0 saturated heterocycles. The quantitative estimate of drug-likeness (QED) is 0.855. The Bertz CT molecular complexity index is 601. The summed E-state index contributed by atoms with van der Waals surface area (Å²) in [5.74, 6) is 1.64. The third kappa shape index (κ3) is 4.23. The van der Waals surface area contributed by atoms with Crippen molar-refractivity contribution in [2.45, 2.75) is 26.8 Å². The number of halogens is 1. The third-order valence-electron chi connectivity index (χ3n) is 2.84. The summed E-state index contributed by atoms with van der Waals surface area (Å²) in [6, 6.07) is 7.61. The second-order valence-corrected chi connectivity index (χ2v) is 5.10. The number of aromatic nitrogens is 2. The molecule has 2 rings (SSSR count). The minimum absolute atomic E-state index is 0.433. The van der Waals surface area contributed by atoms with E-state index in [0.29, 0.717) is 41.4 Å².